The number of nitrogens with one attached hydrogen (secondary N) is 1. The normalized spacial score (nSPS) is 10.6. The minimum Gasteiger partial charge on any atom is -0.325 e. The van der Waals surface area contributed by atoms with Crippen LogP contribution in [-0.2, 0) is 4.79 Å². The van der Waals surface area contributed by atoms with E-state index >= 15 is 0 Å². The fraction of sp³-hybridized carbons (Fsp3) is 0.211. The van der Waals surface area contributed by atoms with Gasteiger partial charge in [-0.3, -0.25) is 4.79 Å². The number of hydrogen-bond acceptors (Lipinski definition) is 6. The van der Waals surface area contributed by atoms with Crippen LogP contribution in [0.2, 0.25) is 0 Å². The summed E-state index contributed by atoms with van der Waals surface area (Å²) in [4.78, 5) is 29.4. The molecule has 0 spiro atoms. The molecule has 3 rings (SSSR count). The van der Waals surface area contributed by atoms with Crippen LogP contribution in [-0.4, -0.2) is 31.6 Å². The van der Waals surface area contributed by atoms with Gasteiger partial charge in [-0.2, -0.15) is 0 Å². The third kappa shape index (κ3) is 4.86. The van der Waals surface area contributed by atoms with Crippen molar-refractivity contribution in [3.05, 3.63) is 59.8 Å². The highest BCUT2D eigenvalue weighted by Gasteiger charge is 2.08. The maximum atomic E-state index is 12.2. The number of carbonyl (C=O) groups is 1. The van der Waals surface area contributed by atoms with E-state index in [0.717, 1.165) is 28.3 Å². The maximum Gasteiger partial charge on any atom is 0.234 e. The molecule has 0 radical (unpaired) electrons. The quantitative estimate of drug-likeness (QED) is 0.550. The van der Waals surface area contributed by atoms with Crippen LogP contribution in [0, 0.1) is 20.8 Å². The molecule has 0 atom stereocenters. The van der Waals surface area contributed by atoms with Gasteiger partial charge in [0.25, 0.3) is 0 Å². The van der Waals surface area contributed by atoms with Crippen molar-refractivity contribution in [2.24, 2.45) is 0 Å². The van der Waals surface area contributed by atoms with Gasteiger partial charge >= 0.3 is 0 Å². The molecular formula is C19H19N5OS. The summed E-state index contributed by atoms with van der Waals surface area (Å²) in [6.07, 6.45) is 1.73. The lowest BCUT2D eigenvalue weighted by atomic mass is 10.1. The molecule has 1 N–H and O–H groups in total. The van der Waals surface area contributed by atoms with E-state index in [4.69, 9.17) is 0 Å². The zero-order valence-corrected chi connectivity index (χ0v) is 15.7. The predicted molar refractivity (Wildman–Crippen MR) is 103 cm³/mol. The molecule has 0 bridgehead atoms. The molecule has 1 aromatic carbocycles. The van der Waals surface area contributed by atoms with Crippen molar-refractivity contribution in [2.75, 3.05) is 11.1 Å². The van der Waals surface area contributed by atoms with Crippen molar-refractivity contribution in [3.63, 3.8) is 0 Å². The number of aromatic nitrogens is 4. The molecule has 0 saturated heterocycles. The van der Waals surface area contributed by atoms with Crippen LogP contribution in [0.15, 0.2) is 47.8 Å². The van der Waals surface area contributed by atoms with Crippen molar-refractivity contribution in [1.29, 1.82) is 0 Å². The molecule has 7 heteroatoms. The maximum absolute atomic E-state index is 12.2. The SMILES string of the molecule is Cc1cc(C)nc(SCC(=O)Nc2cccc(-c3ccnc(C)n3)c2)n1. The summed E-state index contributed by atoms with van der Waals surface area (Å²) in [5.41, 5.74) is 4.28. The highest BCUT2D eigenvalue weighted by Crippen LogP contribution is 2.21. The van der Waals surface area contributed by atoms with Gasteiger partial charge in [0.1, 0.15) is 5.82 Å². The number of carbonyl (C=O) groups excluding carboxylic acids is 1. The number of hydrogen-bond donors (Lipinski definition) is 1. The van der Waals surface area contributed by atoms with E-state index in [1.807, 2.05) is 57.2 Å². The van der Waals surface area contributed by atoms with Gasteiger partial charge in [0, 0.05) is 28.8 Å². The van der Waals surface area contributed by atoms with Gasteiger partial charge in [0.2, 0.25) is 5.91 Å². The van der Waals surface area contributed by atoms with E-state index in [0.29, 0.717) is 11.0 Å². The van der Waals surface area contributed by atoms with Gasteiger partial charge in [-0.05, 0) is 45.0 Å². The molecule has 0 unspecified atom stereocenters. The Hall–Kier alpha value is -2.80. The molecule has 6 nitrogen and oxygen atoms in total. The zero-order chi connectivity index (χ0) is 18.5. The van der Waals surface area contributed by atoms with E-state index in [1.165, 1.54) is 11.8 Å². The largest absolute Gasteiger partial charge is 0.325 e. The minimum absolute atomic E-state index is 0.103. The molecule has 0 saturated carbocycles. The van der Waals surface area contributed by atoms with Crippen molar-refractivity contribution in [1.82, 2.24) is 19.9 Å². The second-order valence-electron chi connectivity index (χ2n) is 5.84. The molecule has 0 aliphatic heterocycles. The third-order valence-corrected chi connectivity index (χ3v) is 4.36. The lowest BCUT2D eigenvalue weighted by molar-refractivity contribution is -0.113. The Kier molecular flexibility index (Phi) is 5.58. The summed E-state index contributed by atoms with van der Waals surface area (Å²) in [6, 6.07) is 11.4. The summed E-state index contributed by atoms with van der Waals surface area (Å²) in [5.74, 6) is 0.857. The smallest absolute Gasteiger partial charge is 0.234 e. The highest BCUT2D eigenvalue weighted by atomic mass is 32.2. The number of amides is 1. The zero-order valence-electron chi connectivity index (χ0n) is 14.9. The molecule has 2 aromatic heterocycles. The fourth-order valence-electron chi connectivity index (χ4n) is 2.46. The summed E-state index contributed by atoms with van der Waals surface area (Å²) < 4.78 is 0. The summed E-state index contributed by atoms with van der Waals surface area (Å²) in [6.45, 7) is 5.68. The number of thioether (sulfide) groups is 1. The van der Waals surface area contributed by atoms with Crippen molar-refractivity contribution in [3.8, 4) is 11.3 Å². The lowest BCUT2D eigenvalue weighted by Gasteiger charge is -2.08. The van der Waals surface area contributed by atoms with Gasteiger partial charge in [0.05, 0.1) is 11.4 Å². The molecule has 1 amide bonds. The summed E-state index contributed by atoms with van der Waals surface area (Å²) >= 11 is 1.32. The van der Waals surface area contributed by atoms with Gasteiger partial charge in [-0.15, -0.1) is 0 Å². The Morgan fingerprint density at radius 2 is 1.81 bits per heavy atom. The first-order valence-electron chi connectivity index (χ1n) is 8.14. The molecule has 0 aliphatic rings. The second kappa shape index (κ2) is 8.05. The van der Waals surface area contributed by atoms with Crippen LogP contribution in [0.5, 0.6) is 0 Å². The first-order valence-corrected chi connectivity index (χ1v) is 9.13. The second-order valence-corrected chi connectivity index (χ2v) is 6.78. The highest BCUT2D eigenvalue weighted by molar-refractivity contribution is 7.99. The first-order chi connectivity index (χ1) is 12.5. The fourth-order valence-corrected chi connectivity index (χ4v) is 3.21. The molecule has 0 aliphatic carbocycles. The summed E-state index contributed by atoms with van der Waals surface area (Å²) in [7, 11) is 0. The number of rotatable bonds is 5. The average Bonchev–Trinajstić information content (AvgIpc) is 2.59. The third-order valence-electron chi connectivity index (χ3n) is 3.51. The van der Waals surface area contributed by atoms with Gasteiger partial charge in [0.15, 0.2) is 5.16 Å². The van der Waals surface area contributed by atoms with Crippen LogP contribution < -0.4 is 5.32 Å². The molecular weight excluding hydrogens is 346 g/mol. The van der Waals surface area contributed by atoms with E-state index in [9.17, 15) is 4.79 Å². The Labute approximate surface area is 156 Å². The van der Waals surface area contributed by atoms with Crippen molar-refractivity contribution in [2.45, 2.75) is 25.9 Å². The predicted octanol–water partition coefficient (Wildman–Crippen LogP) is 3.59. The Bertz CT molecular complexity index is 924. The van der Waals surface area contributed by atoms with Crippen LogP contribution >= 0.6 is 11.8 Å². The Morgan fingerprint density at radius 3 is 2.54 bits per heavy atom. The van der Waals surface area contributed by atoms with E-state index < -0.39 is 0 Å². The molecule has 132 valence electrons. The topological polar surface area (TPSA) is 80.7 Å². The first kappa shape index (κ1) is 18.0. The van der Waals surface area contributed by atoms with E-state index in [1.54, 1.807) is 6.20 Å². The van der Waals surface area contributed by atoms with Crippen LogP contribution in [0.1, 0.15) is 17.2 Å². The van der Waals surface area contributed by atoms with Gasteiger partial charge < -0.3 is 5.32 Å². The van der Waals surface area contributed by atoms with Crippen LogP contribution in [0.25, 0.3) is 11.3 Å². The van der Waals surface area contributed by atoms with Crippen LogP contribution in [0.3, 0.4) is 0 Å². The number of anilines is 1. The number of benzene rings is 1. The Balaban J connectivity index is 1.65. The average molecular weight is 365 g/mol. The number of aryl methyl sites for hydroxylation is 3. The van der Waals surface area contributed by atoms with E-state index in [2.05, 4.69) is 25.3 Å². The lowest BCUT2D eigenvalue weighted by Crippen LogP contribution is -2.14. The van der Waals surface area contributed by atoms with Gasteiger partial charge in [-0.25, -0.2) is 19.9 Å². The summed E-state index contributed by atoms with van der Waals surface area (Å²) in [5, 5.41) is 3.52. The Morgan fingerprint density at radius 1 is 1.04 bits per heavy atom. The van der Waals surface area contributed by atoms with E-state index in [-0.39, 0.29) is 11.7 Å². The molecule has 3 aromatic rings. The van der Waals surface area contributed by atoms with Crippen LogP contribution in [0.4, 0.5) is 5.69 Å². The molecule has 0 fully saturated rings. The van der Waals surface area contributed by atoms with Crippen molar-refractivity contribution >= 4 is 23.4 Å². The molecule has 2 heterocycles. The standard InChI is InChI=1S/C19H19N5OS/c1-12-9-13(2)22-19(21-12)26-11-18(25)24-16-6-4-5-15(10-16)17-7-8-20-14(3)23-17/h4-10H,11H2,1-3H3,(H,24,25). The van der Waals surface area contributed by atoms with Crippen molar-refractivity contribution < 1.29 is 4.79 Å². The monoisotopic (exact) mass is 365 g/mol. The van der Waals surface area contributed by atoms with Gasteiger partial charge in [-0.1, -0.05) is 23.9 Å². The minimum atomic E-state index is -0.103. The number of nitrogens with zero attached hydrogens (tertiary/aromatic N) is 4. The molecule has 26 heavy (non-hydrogen) atoms.